The molecule has 2 fully saturated rings. The van der Waals surface area contributed by atoms with Gasteiger partial charge in [-0.05, 0) is 24.3 Å². The highest BCUT2D eigenvalue weighted by Gasteiger charge is 2.23. The summed E-state index contributed by atoms with van der Waals surface area (Å²) in [4.78, 5) is 9.26. The first kappa shape index (κ1) is 25.3. The highest BCUT2D eigenvalue weighted by Crippen LogP contribution is 2.27. The van der Waals surface area contributed by atoms with Gasteiger partial charge < -0.3 is 4.74 Å². The van der Waals surface area contributed by atoms with E-state index in [0.717, 1.165) is 49.8 Å². The highest BCUT2D eigenvalue weighted by atomic mass is 32.2. The zero-order valence-corrected chi connectivity index (χ0v) is 21.0. The van der Waals surface area contributed by atoms with E-state index >= 15 is 0 Å². The fourth-order valence-electron chi connectivity index (χ4n) is 4.61. The molecule has 3 heterocycles. The molecular weight excluding hydrogens is 418 g/mol. The van der Waals surface area contributed by atoms with Gasteiger partial charge >= 0.3 is 0 Å². The molecular formula is C26H41N3O2S. The smallest absolute Gasteiger partial charge is 0.0998 e. The van der Waals surface area contributed by atoms with Gasteiger partial charge in [0.1, 0.15) is 0 Å². The monoisotopic (exact) mass is 459 g/mol. The Kier molecular flexibility index (Phi) is 10.6. The summed E-state index contributed by atoms with van der Waals surface area (Å²) in [6.45, 7) is 8.25. The maximum Gasteiger partial charge on any atom is 0.0998 e. The van der Waals surface area contributed by atoms with Crippen molar-refractivity contribution >= 4 is 16.4 Å². The molecule has 2 bridgehead atoms. The van der Waals surface area contributed by atoms with E-state index in [-0.39, 0.29) is 6.10 Å². The lowest BCUT2D eigenvalue weighted by Gasteiger charge is -2.28. The molecule has 178 valence electrons. The molecule has 5 nitrogen and oxygen atoms in total. The van der Waals surface area contributed by atoms with Gasteiger partial charge in [0.25, 0.3) is 0 Å². The van der Waals surface area contributed by atoms with Crippen molar-refractivity contribution in [2.45, 2.75) is 58.5 Å². The third-order valence-electron chi connectivity index (χ3n) is 6.27. The number of aromatic nitrogens is 1. The summed E-state index contributed by atoms with van der Waals surface area (Å²) in [5.41, 5.74) is 4.98. The second kappa shape index (κ2) is 13.4. The molecule has 1 saturated heterocycles. The van der Waals surface area contributed by atoms with Crippen molar-refractivity contribution in [2.24, 2.45) is 0 Å². The molecule has 6 heteroatoms. The normalized spacial score (nSPS) is 25.9. The van der Waals surface area contributed by atoms with Gasteiger partial charge in [0.05, 0.1) is 18.5 Å². The summed E-state index contributed by atoms with van der Waals surface area (Å²) in [6.07, 6.45) is 14.9. The number of likely N-dealkylation sites (N-methyl/N-ethyl adjacent to an activating group) is 1. The van der Waals surface area contributed by atoms with Gasteiger partial charge in [-0.1, -0.05) is 64.2 Å². The molecule has 1 aromatic rings. The van der Waals surface area contributed by atoms with Crippen molar-refractivity contribution in [3.63, 3.8) is 0 Å². The Morgan fingerprint density at radius 1 is 1.12 bits per heavy atom. The Bertz CT molecular complexity index is 786. The third kappa shape index (κ3) is 7.62. The largest absolute Gasteiger partial charge is 0.358 e. The van der Waals surface area contributed by atoms with E-state index in [4.69, 9.17) is 4.74 Å². The van der Waals surface area contributed by atoms with E-state index in [1.807, 2.05) is 26.1 Å². The number of hydrogen-bond acceptors (Lipinski definition) is 5. The molecule has 0 N–H and O–H groups in total. The number of rotatable bonds is 2. The third-order valence-corrected chi connectivity index (χ3v) is 7.54. The van der Waals surface area contributed by atoms with Gasteiger partial charge in [0, 0.05) is 66.7 Å². The van der Waals surface area contributed by atoms with E-state index in [1.54, 1.807) is 0 Å². The lowest BCUT2D eigenvalue weighted by molar-refractivity contribution is 0.0205. The molecule has 0 aromatic carbocycles. The van der Waals surface area contributed by atoms with Gasteiger partial charge in [-0.2, -0.15) is 0 Å². The topological polar surface area (TPSA) is 45.7 Å². The second-order valence-corrected chi connectivity index (χ2v) is 10.5. The maximum atomic E-state index is 11.6. The van der Waals surface area contributed by atoms with Crippen molar-refractivity contribution in [3.05, 3.63) is 47.3 Å². The number of nitrogens with zero attached hydrogens (tertiary/aromatic N) is 3. The fourth-order valence-corrected chi connectivity index (χ4v) is 5.73. The Morgan fingerprint density at radius 2 is 1.81 bits per heavy atom. The Morgan fingerprint density at radius 3 is 2.50 bits per heavy atom. The molecule has 2 aliphatic carbocycles. The molecule has 32 heavy (non-hydrogen) atoms. The number of pyridine rings is 1. The first-order valence-electron chi connectivity index (χ1n) is 12.4. The average molecular weight is 460 g/mol. The average Bonchev–Trinajstić information content (AvgIpc) is 3.34. The van der Waals surface area contributed by atoms with Gasteiger partial charge in [0.2, 0.25) is 0 Å². The minimum Gasteiger partial charge on any atom is -0.358 e. The first-order valence-corrected chi connectivity index (χ1v) is 13.9. The van der Waals surface area contributed by atoms with Crippen LogP contribution < -0.4 is 0 Å². The lowest BCUT2D eigenvalue weighted by Crippen LogP contribution is -2.38. The van der Waals surface area contributed by atoms with E-state index in [1.165, 1.54) is 48.8 Å². The van der Waals surface area contributed by atoms with Crippen molar-refractivity contribution in [2.75, 3.05) is 51.5 Å². The van der Waals surface area contributed by atoms with Crippen molar-refractivity contribution in [1.82, 2.24) is 14.8 Å². The molecule has 2 aliphatic heterocycles. The molecule has 5 rings (SSSR count). The van der Waals surface area contributed by atoms with Crippen LogP contribution in [0.3, 0.4) is 0 Å². The van der Waals surface area contributed by atoms with Crippen molar-refractivity contribution in [3.8, 4) is 0 Å². The predicted octanol–water partition coefficient (Wildman–Crippen LogP) is 4.28. The first-order chi connectivity index (χ1) is 15.7. The summed E-state index contributed by atoms with van der Waals surface area (Å²) in [5, 5.41) is 0. The molecule has 1 saturated carbocycles. The molecule has 1 unspecified atom stereocenters. The van der Waals surface area contributed by atoms with Gasteiger partial charge in [-0.15, -0.1) is 0 Å². The van der Waals surface area contributed by atoms with Crippen LogP contribution in [-0.2, 0) is 22.0 Å². The summed E-state index contributed by atoms with van der Waals surface area (Å²) in [5.74, 6) is 1.57. The highest BCUT2D eigenvalue weighted by molar-refractivity contribution is 7.85. The number of hydrogen-bond donors (Lipinski definition) is 0. The Labute approximate surface area is 197 Å². The second-order valence-electron chi connectivity index (χ2n) is 8.85. The minimum absolute atomic E-state index is 0.0869. The van der Waals surface area contributed by atoms with Crippen LogP contribution in [-0.4, -0.2) is 76.6 Å². The van der Waals surface area contributed by atoms with E-state index in [2.05, 4.69) is 40.0 Å². The van der Waals surface area contributed by atoms with Crippen molar-refractivity contribution < 1.29 is 8.95 Å². The molecule has 0 radical (unpaired) electrons. The van der Waals surface area contributed by atoms with Gasteiger partial charge in [-0.25, -0.2) is 0 Å². The number of fused-ring (bicyclic) bond motifs is 2. The maximum absolute atomic E-state index is 11.6. The standard InChI is InChI=1S/C19H25N3O2S.C5H10.C2H6/c1-21-12-15-9-16(13-22-5-7-25(23)8-6-22)18-3-2-4-20-19(18)11-17(10-15)24-14-21;1-2-4-5-3-1;1-2/h2-4,9-10,17H,5-8,11-14H2,1H3;1-5H2;1-2H3/b16-9-;;. The molecule has 4 aliphatic rings. The quantitative estimate of drug-likeness (QED) is 0.661. The summed E-state index contributed by atoms with van der Waals surface area (Å²) < 4.78 is 17.7. The van der Waals surface area contributed by atoms with Crippen LogP contribution in [0.25, 0.3) is 5.57 Å². The molecule has 0 amide bonds. The zero-order valence-electron chi connectivity index (χ0n) is 20.2. The fraction of sp³-hybridized carbons (Fsp3) is 0.654. The number of ether oxygens (including phenoxy) is 1. The van der Waals surface area contributed by atoms with Crippen LogP contribution in [0.4, 0.5) is 0 Å². The molecule has 1 atom stereocenters. The van der Waals surface area contributed by atoms with E-state index in [0.29, 0.717) is 6.73 Å². The minimum atomic E-state index is -0.638. The Balaban J connectivity index is 0.000000359. The van der Waals surface area contributed by atoms with Crippen LogP contribution >= 0.6 is 0 Å². The van der Waals surface area contributed by atoms with E-state index in [9.17, 15) is 4.21 Å². The van der Waals surface area contributed by atoms with E-state index < -0.39 is 10.8 Å². The van der Waals surface area contributed by atoms with Crippen molar-refractivity contribution in [1.29, 1.82) is 0 Å². The summed E-state index contributed by atoms with van der Waals surface area (Å²) in [7, 11) is 1.45. The van der Waals surface area contributed by atoms with Crippen LogP contribution in [0, 0.1) is 0 Å². The summed E-state index contributed by atoms with van der Waals surface area (Å²) in [6, 6.07) is 4.20. The molecule has 0 spiro atoms. The SMILES string of the molecule is C1CCCC1.CC.CN1COC2C=C(/C=C(/CN3CCS(=O)CC3)c3cccnc3C2)C1. The van der Waals surface area contributed by atoms with Gasteiger partial charge in [-0.3, -0.25) is 19.0 Å². The zero-order chi connectivity index (χ0) is 22.8. The Hall–Kier alpha value is -1.34. The molecule has 1 aromatic heterocycles. The van der Waals surface area contributed by atoms with Crippen LogP contribution in [0.15, 0.2) is 36.1 Å². The van der Waals surface area contributed by atoms with Crippen LogP contribution in [0.1, 0.15) is 57.2 Å². The predicted molar refractivity (Wildman–Crippen MR) is 135 cm³/mol. The van der Waals surface area contributed by atoms with Crippen LogP contribution in [0.2, 0.25) is 0 Å². The van der Waals surface area contributed by atoms with Crippen LogP contribution in [0.5, 0.6) is 0 Å². The summed E-state index contributed by atoms with van der Waals surface area (Å²) >= 11 is 0. The lowest BCUT2D eigenvalue weighted by atomic mass is 9.94. The van der Waals surface area contributed by atoms with Gasteiger partial charge in [0.15, 0.2) is 0 Å².